The van der Waals surface area contributed by atoms with Crippen LogP contribution in [0.25, 0.3) is 0 Å². The first kappa shape index (κ1) is 20.9. The Labute approximate surface area is 160 Å². The van der Waals surface area contributed by atoms with Gasteiger partial charge in [0.05, 0.1) is 13.2 Å². The fourth-order valence-electron chi connectivity index (χ4n) is 3.24. The fourth-order valence-corrected chi connectivity index (χ4v) is 3.24. The van der Waals surface area contributed by atoms with E-state index in [0.717, 1.165) is 30.5 Å². The summed E-state index contributed by atoms with van der Waals surface area (Å²) < 4.78 is 5.57. The number of aliphatic carboxylic acids is 1. The molecule has 0 bridgehead atoms. The number of benzene rings is 1. The van der Waals surface area contributed by atoms with Crippen molar-refractivity contribution in [3.8, 4) is 11.5 Å². The number of Topliss-reactive ketones (excluding diaryl/α,β-unsaturated/α-hetero) is 1. The first-order chi connectivity index (χ1) is 12.7. The number of ether oxygens (including phenoxy) is 1. The summed E-state index contributed by atoms with van der Waals surface area (Å²) in [7, 11) is 0. The minimum Gasteiger partial charge on any atom is -0.507 e. The summed E-state index contributed by atoms with van der Waals surface area (Å²) >= 11 is 0. The van der Waals surface area contributed by atoms with Crippen molar-refractivity contribution in [2.75, 3.05) is 13.2 Å². The molecular formula is C21H29NO5. The van der Waals surface area contributed by atoms with Gasteiger partial charge in [-0.05, 0) is 42.7 Å². The lowest BCUT2D eigenvalue weighted by atomic mass is 9.88. The van der Waals surface area contributed by atoms with Crippen LogP contribution in [-0.2, 0) is 16.0 Å². The van der Waals surface area contributed by atoms with E-state index in [1.54, 1.807) is 0 Å². The predicted molar refractivity (Wildman–Crippen MR) is 104 cm³/mol. The van der Waals surface area contributed by atoms with Crippen LogP contribution in [0.15, 0.2) is 17.1 Å². The van der Waals surface area contributed by atoms with Gasteiger partial charge in [0, 0.05) is 30.2 Å². The normalized spacial score (nSPS) is 15.4. The molecule has 0 heterocycles. The molecule has 27 heavy (non-hydrogen) atoms. The molecule has 6 nitrogen and oxygen atoms in total. The van der Waals surface area contributed by atoms with Gasteiger partial charge < -0.3 is 14.9 Å². The number of carboxylic acid groups (broad SMARTS) is 1. The third kappa shape index (κ3) is 6.70. The minimum atomic E-state index is -0.853. The van der Waals surface area contributed by atoms with E-state index in [0.29, 0.717) is 24.2 Å². The van der Waals surface area contributed by atoms with Crippen molar-refractivity contribution in [2.45, 2.75) is 59.3 Å². The minimum absolute atomic E-state index is 0.0519. The monoisotopic (exact) mass is 375 g/mol. The molecule has 0 atom stereocenters. The van der Waals surface area contributed by atoms with Crippen molar-refractivity contribution < 1.29 is 24.5 Å². The van der Waals surface area contributed by atoms with Crippen LogP contribution in [0.2, 0.25) is 0 Å². The molecule has 1 aromatic rings. The summed E-state index contributed by atoms with van der Waals surface area (Å²) in [4.78, 5) is 27.2. The van der Waals surface area contributed by atoms with Gasteiger partial charge in [0.15, 0.2) is 5.78 Å². The number of carboxylic acids is 1. The number of hydrogen-bond donors (Lipinski definition) is 2. The highest BCUT2D eigenvalue weighted by Gasteiger charge is 2.22. The standard InChI is InChI=1S/C21H29NO5/c1-21(2,3)12-15(23)13-22-17-7-4-6-14-10-16(11-18(24)20(14)17)27-9-5-8-19(25)26/h10-11,24H,4-9,12-13H2,1-3H3,(H,25,26). The molecule has 0 saturated heterocycles. The molecular weight excluding hydrogens is 346 g/mol. The Morgan fingerprint density at radius 2 is 1.96 bits per heavy atom. The number of fused-ring (bicyclic) bond motifs is 1. The number of hydrogen-bond acceptors (Lipinski definition) is 5. The fraction of sp³-hybridized carbons (Fsp3) is 0.571. The maximum atomic E-state index is 12.1. The largest absolute Gasteiger partial charge is 0.507 e. The van der Waals surface area contributed by atoms with Crippen molar-refractivity contribution in [1.29, 1.82) is 0 Å². The van der Waals surface area contributed by atoms with E-state index in [2.05, 4.69) is 4.99 Å². The quantitative estimate of drug-likeness (QED) is 0.674. The number of phenolic OH excluding ortho intramolecular Hbond substituents is 1. The Kier molecular flexibility index (Phi) is 6.99. The second-order valence-electron chi connectivity index (χ2n) is 8.21. The smallest absolute Gasteiger partial charge is 0.303 e. The molecule has 1 aliphatic carbocycles. The number of rotatable bonds is 8. The highest BCUT2D eigenvalue weighted by atomic mass is 16.5. The van der Waals surface area contributed by atoms with Crippen LogP contribution >= 0.6 is 0 Å². The molecule has 0 saturated carbocycles. The SMILES string of the molecule is CC(C)(C)CC(=O)CN=C1CCCc2cc(OCCCC(=O)O)cc(O)c21. The number of ketones is 1. The first-order valence-electron chi connectivity index (χ1n) is 9.41. The van der Waals surface area contributed by atoms with Gasteiger partial charge in [-0.1, -0.05) is 20.8 Å². The number of aromatic hydroxyl groups is 1. The van der Waals surface area contributed by atoms with E-state index >= 15 is 0 Å². The topological polar surface area (TPSA) is 96.2 Å². The van der Waals surface area contributed by atoms with Gasteiger partial charge in [-0.25, -0.2) is 0 Å². The maximum Gasteiger partial charge on any atom is 0.303 e. The lowest BCUT2D eigenvalue weighted by Crippen LogP contribution is -2.18. The number of carbonyl (C=O) groups excluding carboxylic acids is 1. The van der Waals surface area contributed by atoms with E-state index in [9.17, 15) is 14.7 Å². The lowest BCUT2D eigenvalue weighted by molar-refractivity contribution is -0.137. The van der Waals surface area contributed by atoms with Gasteiger partial charge in [0.2, 0.25) is 0 Å². The average Bonchev–Trinajstić information content (AvgIpc) is 2.55. The second-order valence-corrected chi connectivity index (χ2v) is 8.21. The van der Waals surface area contributed by atoms with E-state index < -0.39 is 5.97 Å². The van der Waals surface area contributed by atoms with Crippen LogP contribution in [0.1, 0.15) is 64.0 Å². The summed E-state index contributed by atoms with van der Waals surface area (Å²) in [6, 6.07) is 3.42. The van der Waals surface area contributed by atoms with Crippen molar-refractivity contribution in [3.63, 3.8) is 0 Å². The zero-order chi connectivity index (χ0) is 20.0. The third-order valence-corrected chi connectivity index (χ3v) is 4.30. The Hall–Kier alpha value is -2.37. The summed E-state index contributed by atoms with van der Waals surface area (Å²) in [6.07, 6.45) is 3.39. The van der Waals surface area contributed by atoms with Crippen molar-refractivity contribution in [2.24, 2.45) is 10.4 Å². The number of aryl methyl sites for hydroxylation is 1. The molecule has 0 spiro atoms. The van der Waals surface area contributed by atoms with Crippen molar-refractivity contribution >= 4 is 17.5 Å². The second kappa shape index (κ2) is 9.02. The van der Waals surface area contributed by atoms with Gasteiger partial charge in [-0.3, -0.25) is 14.6 Å². The van der Waals surface area contributed by atoms with Gasteiger partial charge >= 0.3 is 5.97 Å². The molecule has 0 aromatic heterocycles. The molecule has 0 fully saturated rings. The van der Waals surface area contributed by atoms with Crippen LogP contribution in [-0.4, -0.2) is 40.8 Å². The molecule has 0 unspecified atom stereocenters. The van der Waals surface area contributed by atoms with Crippen LogP contribution in [0.5, 0.6) is 11.5 Å². The average molecular weight is 375 g/mol. The summed E-state index contributed by atoms with van der Waals surface area (Å²) in [5, 5.41) is 19.1. The zero-order valence-corrected chi connectivity index (χ0v) is 16.4. The zero-order valence-electron chi connectivity index (χ0n) is 16.4. The van der Waals surface area contributed by atoms with E-state index in [1.165, 1.54) is 6.07 Å². The van der Waals surface area contributed by atoms with E-state index in [-0.39, 0.29) is 36.5 Å². The van der Waals surface area contributed by atoms with Gasteiger partial charge in [0.25, 0.3) is 0 Å². The molecule has 2 N–H and O–H groups in total. The van der Waals surface area contributed by atoms with Gasteiger partial charge in [-0.2, -0.15) is 0 Å². The molecule has 1 aromatic carbocycles. The van der Waals surface area contributed by atoms with Gasteiger partial charge in [0.1, 0.15) is 11.5 Å². The highest BCUT2D eigenvalue weighted by molar-refractivity contribution is 6.06. The summed E-state index contributed by atoms with van der Waals surface area (Å²) in [6.45, 7) is 6.50. The molecule has 2 rings (SSSR count). The maximum absolute atomic E-state index is 12.1. The molecule has 6 heteroatoms. The number of aliphatic imine (C=N–C) groups is 1. The molecule has 148 valence electrons. The van der Waals surface area contributed by atoms with Crippen LogP contribution in [0, 0.1) is 5.41 Å². The van der Waals surface area contributed by atoms with Crippen molar-refractivity contribution in [1.82, 2.24) is 0 Å². The Balaban J connectivity index is 2.09. The summed E-state index contributed by atoms with van der Waals surface area (Å²) in [5.74, 6) is -0.127. The number of nitrogens with zero attached hydrogens (tertiary/aromatic N) is 1. The summed E-state index contributed by atoms with van der Waals surface area (Å²) in [5.41, 5.74) is 2.38. The van der Waals surface area contributed by atoms with Crippen molar-refractivity contribution in [3.05, 3.63) is 23.3 Å². The van der Waals surface area contributed by atoms with E-state index in [1.807, 2.05) is 26.8 Å². The lowest BCUT2D eigenvalue weighted by Gasteiger charge is -2.21. The Bertz CT molecular complexity index is 731. The molecule has 0 radical (unpaired) electrons. The Morgan fingerprint density at radius 3 is 2.63 bits per heavy atom. The highest BCUT2D eigenvalue weighted by Crippen LogP contribution is 2.34. The first-order valence-corrected chi connectivity index (χ1v) is 9.41. The molecule has 0 amide bonds. The number of phenols is 1. The molecule has 0 aliphatic heterocycles. The van der Waals surface area contributed by atoms with Crippen LogP contribution in [0.3, 0.4) is 0 Å². The molecule has 1 aliphatic rings. The van der Waals surface area contributed by atoms with Crippen LogP contribution in [0.4, 0.5) is 0 Å². The number of carbonyl (C=O) groups is 2. The predicted octanol–water partition coefficient (Wildman–Crippen LogP) is 3.77. The third-order valence-electron chi connectivity index (χ3n) is 4.30. The van der Waals surface area contributed by atoms with Gasteiger partial charge in [-0.15, -0.1) is 0 Å². The Morgan fingerprint density at radius 1 is 1.22 bits per heavy atom. The van der Waals surface area contributed by atoms with Crippen LogP contribution < -0.4 is 4.74 Å². The van der Waals surface area contributed by atoms with E-state index in [4.69, 9.17) is 9.84 Å².